The molecule has 0 aliphatic carbocycles. The first-order valence-electron chi connectivity index (χ1n) is 10.0. The number of benzene rings is 2. The lowest BCUT2D eigenvalue weighted by molar-refractivity contribution is -0.123. The second-order valence-electron chi connectivity index (χ2n) is 7.69. The third-order valence-corrected chi connectivity index (χ3v) is 5.00. The molecule has 2 rings (SSSR count). The molecule has 2 N–H and O–H groups in total. The largest absolute Gasteiger partial charge is 0.494 e. The van der Waals surface area contributed by atoms with Crippen LogP contribution < -0.4 is 20.3 Å². The maximum atomic E-state index is 12.2. The molecule has 2 amide bonds. The Kier molecular flexibility index (Phi) is 9.17. The summed E-state index contributed by atoms with van der Waals surface area (Å²) in [6.45, 7) is 8.89. The summed E-state index contributed by atoms with van der Waals surface area (Å²) in [6.07, 6.45) is 0.967. The van der Waals surface area contributed by atoms with Gasteiger partial charge in [0.25, 0.3) is 11.8 Å². The smallest absolute Gasteiger partial charge is 0.276 e. The topological polar surface area (TPSA) is 76.7 Å². The third-order valence-electron chi connectivity index (χ3n) is 4.38. The van der Waals surface area contributed by atoms with Crippen molar-refractivity contribution in [3.63, 3.8) is 0 Å². The van der Waals surface area contributed by atoms with E-state index in [0.29, 0.717) is 35.5 Å². The lowest BCUT2D eigenvalue weighted by atomic mass is 10.0. The van der Waals surface area contributed by atoms with Gasteiger partial charge in [-0.3, -0.25) is 20.4 Å². The molecule has 0 unspecified atom stereocenters. The Morgan fingerprint density at radius 2 is 1.67 bits per heavy atom. The number of rotatable bonds is 9. The maximum absolute atomic E-state index is 12.2. The van der Waals surface area contributed by atoms with Crippen molar-refractivity contribution in [1.29, 1.82) is 0 Å². The zero-order chi connectivity index (χ0) is 22.1. The molecule has 30 heavy (non-hydrogen) atoms. The molecule has 7 heteroatoms. The van der Waals surface area contributed by atoms with E-state index in [1.54, 1.807) is 24.3 Å². The van der Waals surface area contributed by atoms with Gasteiger partial charge >= 0.3 is 0 Å². The number of halogens is 1. The van der Waals surface area contributed by atoms with Crippen molar-refractivity contribution in [2.75, 3.05) is 13.2 Å². The maximum Gasteiger partial charge on any atom is 0.276 e. The van der Waals surface area contributed by atoms with Crippen LogP contribution in [0.25, 0.3) is 0 Å². The fourth-order valence-corrected chi connectivity index (χ4v) is 3.00. The highest BCUT2D eigenvalue weighted by molar-refractivity contribution is 9.10. The molecule has 0 fully saturated rings. The number of carbonyl (C=O) groups is 2. The Labute approximate surface area is 186 Å². The van der Waals surface area contributed by atoms with Crippen LogP contribution in [0.4, 0.5) is 0 Å². The van der Waals surface area contributed by atoms with Gasteiger partial charge in [0, 0.05) is 5.56 Å². The minimum absolute atomic E-state index is 0.220. The molecule has 0 saturated heterocycles. The van der Waals surface area contributed by atoms with E-state index in [1.165, 1.54) is 5.56 Å². The minimum atomic E-state index is -0.461. The molecule has 0 aromatic heterocycles. The van der Waals surface area contributed by atoms with E-state index in [1.807, 2.05) is 18.2 Å². The second kappa shape index (κ2) is 11.6. The Balaban J connectivity index is 1.77. The van der Waals surface area contributed by atoms with Crippen molar-refractivity contribution in [3.05, 3.63) is 58.1 Å². The normalized spacial score (nSPS) is 10.8. The molecule has 0 bridgehead atoms. The van der Waals surface area contributed by atoms with Crippen molar-refractivity contribution >= 4 is 27.7 Å². The first kappa shape index (κ1) is 23.7. The summed E-state index contributed by atoms with van der Waals surface area (Å²) in [6, 6.07) is 12.5. The number of hydrogen-bond donors (Lipinski definition) is 2. The van der Waals surface area contributed by atoms with Gasteiger partial charge < -0.3 is 9.47 Å². The molecule has 162 valence electrons. The highest BCUT2D eigenvalue weighted by atomic mass is 79.9. The molecule has 0 saturated carbocycles. The van der Waals surface area contributed by atoms with E-state index in [9.17, 15) is 9.59 Å². The summed E-state index contributed by atoms with van der Waals surface area (Å²) in [4.78, 5) is 24.2. The van der Waals surface area contributed by atoms with Gasteiger partial charge in [-0.05, 0) is 76.1 Å². The van der Waals surface area contributed by atoms with Gasteiger partial charge in [-0.2, -0.15) is 0 Å². The highest BCUT2D eigenvalue weighted by Crippen LogP contribution is 2.28. The summed E-state index contributed by atoms with van der Waals surface area (Å²) in [5.74, 6) is 1.36. The van der Waals surface area contributed by atoms with E-state index in [0.717, 1.165) is 10.9 Å². The molecule has 0 aliphatic heterocycles. The standard InChI is InChI=1S/C23H29BrN2O4/c1-15(2)11-12-29-19-8-5-17(6-9-19)23(28)26-25-22(27)14-30-21-10-7-18(16(3)4)13-20(21)24/h5-10,13,15-16H,11-12,14H2,1-4H3,(H,25,27)(H,26,28). The quantitative estimate of drug-likeness (QED) is 0.507. The number of nitrogens with one attached hydrogen (secondary N) is 2. The van der Waals surface area contributed by atoms with Crippen LogP contribution in [0.5, 0.6) is 11.5 Å². The predicted octanol–water partition coefficient (Wildman–Crippen LogP) is 4.84. The SMILES string of the molecule is CC(C)CCOc1ccc(C(=O)NNC(=O)COc2ccc(C(C)C)cc2Br)cc1. The Hall–Kier alpha value is -2.54. The first-order chi connectivity index (χ1) is 14.3. The van der Waals surface area contributed by atoms with Crippen molar-refractivity contribution in [1.82, 2.24) is 10.9 Å². The molecule has 2 aromatic carbocycles. The van der Waals surface area contributed by atoms with Crippen LogP contribution in [0.1, 0.15) is 56.0 Å². The minimum Gasteiger partial charge on any atom is -0.494 e. The number of hydrogen-bond acceptors (Lipinski definition) is 4. The van der Waals surface area contributed by atoms with Crippen LogP contribution in [0.15, 0.2) is 46.9 Å². The molecule has 0 atom stereocenters. The molecular formula is C23H29BrN2O4. The van der Waals surface area contributed by atoms with Crippen molar-refractivity contribution in [3.8, 4) is 11.5 Å². The van der Waals surface area contributed by atoms with E-state index in [-0.39, 0.29) is 6.61 Å². The van der Waals surface area contributed by atoms with Gasteiger partial charge in [-0.25, -0.2) is 0 Å². The number of hydrazine groups is 1. The summed E-state index contributed by atoms with van der Waals surface area (Å²) in [5.41, 5.74) is 6.32. The lowest BCUT2D eigenvalue weighted by Crippen LogP contribution is -2.43. The van der Waals surface area contributed by atoms with E-state index in [2.05, 4.69) is 54.5 Å². The summed E-state index contributed by atoms with van der Waals surface area (Å²) in [7, 11) is 0. The van der Waals surface area contributed by atoms with Crippen molar-refractivity contribution in [2.24, 2.45) is 5.92 Å². The van der Waals surface area contributed by atoms with Crippen LogP contribution in [0.2, 0.25) is 0 Å². The monoisotopic (exact) mass is 476 g/mol. The number of ether oxygens (including phenoxy) is 2. The second-order valence-corrected chi connectivity index (χ2v) is 8.55. The average Bonchev–Trinajstić information content (AvgIpc) is 2.71. The first-order valence-corrected chi connectivity index (χ1v) is 10.8. The van der Waals surface area contributed by atoms with Crippen LogP contribution in [-0.2, 0) is 4.79 Å². The lowest BCUT2D eigenvalue weighted by Gasteiger charge is -2.12. The van der Waals surface area contributed by atoms with Gasteiger partial charge in [0.05, 0.1) is 11.1 Å². The van der Waals surface area contributed by atoms with Gasteiger partial charge in [0.2, 0.25) is 0 Å². The summed E-state index contributed by atoms with van der Waals surface area (Å²) < 4.78 is 11.9. The molecule has 2 aromatic rings. The molecule has 0 aliphatic rings. The third kappa shape index (κ3) is 7.71. The van der Waals surface area contributed by atoms with Crippen LogP contribution >= 0.6 is 15.9 Å². The zero-order valence-electron chi connectivity index (χ0n) is 17.8. The molecule has 0 heterocycles. The van der Waals surface area contributed by atoms with Gasteiger partial charge in [0.15, 0.2) is 6.61 Å². The fraction of sp³-hybridized carbons (Fsp3) is 0.391. The summed E-state index contributed by atoms with van der Waals surface area (Å²) >= 11 is 3.45. The summed E-state index contributed by atoms with van der Waals surface area (Å²) in [5, 5.41) is 0. The van der Waals surface area contributed by atoms with Crippen molar-refractivity contribution in [2.45, 2.75) is 40.0 Å². The zero-order valence-corrected chi connectivity index (χ0v) is 19.4. The Bertz CT molecular complexity index is 851. The molecule has 6 nitrogen and oxygen atoms in total. The highest BCUT2D eigenvalue weighted by Gasteiger charge is 2.10. The molecular weight excluding hydrogens is 448 g/mol. The van der Waals surface area contributed by atoms with E-state index in [4.69, 9.17) is 9.47 Å². The number of carbonyl (C=O) groups excluding carboxylic acids is 2. The van der Waals surface area contributed by atoms with E-state index >= 15 is 0 Å². The fourth-order valence-electron chi connectivity index (χ4n) is 2.49. The van der Waals surface area contributed by atoms with Crippen LogP contribution in [-0.4, -0.2) is 25.0 Å². The molecule has 0 spiro atoms. The Morgan fingerprint density at radius 3 is 2.27 bits per heavy atom. The van der Waals surface area contributed by atoms with Gasteiger partial charge in [0.1, 0.15) is 11.5 Å². The van der Waals surface area contributed by atoms with Crippen LogP contribution in [0.3, 0.4) is 0 Å². The number of amides is 2. The average molecular weight is 477 g/mol. The van der Waals surface area contributed by atoms with Crippen molar-refractivity contribution < 1.29 is 19.1 Å². The molecule has 0 radical (unpaired) electrons. The van der Waals surface area contributed by atoms with Gasteiger partial charge in [-0.15, -0.1) is 0 Å². The van der Waals surface area contributed by atoms with E-state index < -0.39 is 11.8 Å². The predicted molar refractivity (Wildman–Crippen MR) is 121 cm³/mol. The van der Waals surface area contributed by atoms with Crippen LogP contribution in [0, 0.1) is 5.92 Å². The van der Waals surface area contributed by atoms with Gasteiger partial charge in [-0.1, -0.05) is 33.8 Å². The Morgan fingerprint density at radius 1 is 0.967 bits per heavy atom.